The van der Waals surface area contributed by atoms with E-state index in [1.165, 1.54) is 5.56 Å². The number of benzene rings is 1. The van der Waals surface area contributed by atoms with Crippen LogP contribution in [0.15, 0.2) is 24.3 Å². The van der Waals surface area contributed by atoms with Crippen LogP contribution in [-0.4, -0.2) is 23.7 Å². The molecule has 1 aliphatic carbocycles. The van der Waals surface area contributed by atoms with Gasteiger partial charge in [0.25, 0.3) is 0 Å². The van der Waals surface area contributed by atoms with Crippen molar-refractivity contribution in [1.29, 1.82) is 0 Å². The molecule has 0 radical (unpaired) electrons. The van der Waals surface area contributed by atoms with Crippen molar-refractivity contribution >= 4 is 11.9 Å². The third-order valence-electron chi connectivity index (χ3n) is 3.65. The number of carboxylic acids is 1. The van der Waals surface area contributed by atoms with Gasteiger partial charge in [-0.05, 0) is 36.8 Å². The highest BCUT2D eigenvalue weighted by Crippen LogP contribution is 2.40. The summed E-state index contributed by atoms with van der Waals surface area (Å²) in [5.41, 5.74) is 2.31. The van der Waals surface area contributed by atoms with Crippen LogP contribution in [0.25, 0.3) is 0 Å². The highest BCUT2D eigenvalue weighted by molar-refractivity contribution is 5.80. The zero-order valence-electron chi connectivity index (χ0n) is 11.0. The number of rotatable bonds is 5. The summed E-state index contributed by atoms with van der Waals surface area (Å²) in [7, 11) is 0. The average Bonchev–Trinajstić information content (AvgIpc) is 2.79. The SMILES string of the molecule is CCOC(=O)[C@H](CC(=O)O)[C@@H]1CCc2ccccc21. The van der Waals surface area contributed by atoms with E-state index in [9.17, 15) is 9.59 Å². The van der Waals surface area contributed by atoms with Gasteiger partial charge in [-0.3, -0.25) is 9.59 Å². The van der Waals surface area contributed by atoms with Gasteiger partial charge in [-0.2, -0.15) is 0 Å². The van der Waals surface area contributed by atoms with Gasteiger partial charge in [-0.15, -0.1) is 0 Å². The number of hydrogen-bond acceptors (Lipinski definition) is 3. The summed E-state index contributed by atoms with van der Waals surface area (Å²) in [6, 6.07) is 7.93. The Hall–Kier alpha value is -1.84. The van der Waals surface area contributed by atoms with Crippen LogP contribution in [0.1, 0.15) is 36.8 Å². The Morgan fingerprint density at radius 1 is 1.42 bits per heavy atom. The molecule has 1 N–H and O–H groups in total. The zero-order chi connectivity index (χ0) is 13.8. The molecule has 102 valence electrons. The van der Waals surface area contributed by atoms with E-state index in [4.69, 9.17) is 9.84 Å². The van der Waals surface area contributed by atoms with Crippen LogP contribution in [0, 0.1) is 5.92 Å². The predicted molar refractivity (Wildman–Crippen MR) is 69.9 cm³/mol. The third-order valence-corrected chi connectivity index (χ3v) is 3.65. The van der Waals surface area contributed by atoms with Crippen molar-refractivity contribution in [2.45, 2.75) is 32.1 Å². The first-order valence-corrected chi connectivity index (χ1v) is 6.59. The van der Waals surface area contributed by atoms with Crippen molar-refractivity contribution in [2.75, 3.05) is 6.61 Å². The Morgan fingerprint density at radius 3 is 2.84 bits per heavy atom. The normalized spacial score (nSPS) is 18.7. The number of fused-ring (bicyclic) bond motifs is 1. The van der Waals surface area contributed by atoms with Gasteiger partial charge >= 0.3 is 11.9 Å². The van der Waals surface area contributed by atoms with Gasteiger partial charge in [0.05, 0.1) is 18.9 Å². The smallest absolute Gasteiger partial charge is 0.310 e. The monoisotopic (exact) mass is 262 g/mol. The summed E-state index contributed by atoms with van der Waals surface area (Å²) in [5.74, 6) is -1.97. The van der Waals surface area contributed by atoms with E-state index < -0.39 is 17.9 Å². The lowest BCUT2D eigenvalue weighted by Crippen LogP contribution is -2.26. The fraction of sp³-hybridized carbons (Fsp3) is 0.467. The summed E-state index contributed by atoms with van der Waals surface area (Å²) in [6.45, 7) is 2.02. The van der Waals surface area contributed by atoms with E-state index in [-0.39, 0.29) is 18.9 Å². The maximum atomic E-state index is 12.0. The van der Waals surface area contributed by atoms with E-state index in [1.54, 1.807) is 6.92 Å². The van der Waals surface area contributed by atoms with E-state index >= 15 is 0 Å². The molecule has 0 fully saturated rings. The molecule has 4 heteroatoms. The first-order valence-electron chi connectivity index (χ1n) is 6.59. The molecule has 2 atom stereocenters. The van der Waals surface area contributed by atoms with Crippen molar-refractivity contribution in [3.8, 4) is 0 Å². The van der Waals surface area contributed by atoms with Crippen LogP contribution in [0.2, 0.25) is 0 Å². The van der Waals surface area contributed by atoms with E-state index in [2.05, 4.69) is 0 Å². The number of aliphatic carboxylic acids is 1. The minimum absolute atomic E-state index is 0.0358. The van der Waals surface area contributed by atoms with Crippen molar-refractivity contribution in [3.05, 3.63) is 35.4 Å². The Labute approximate surface area is 112 Å². The second kappa shape index (κ2) is 5.87. The number of carboxylic acid groups (broad SMARTS) is 1. The summed E-state index contributed by atoms with van der Waals surface area (Å²) >= 11 is 0. The largest absolute Gasteiger partial charge is 0.481 e. The molecule has 0 bridgehead atoms. The van der Waals surface area contributed by atoms with Gasteiger partial charge < -0.3 is 9.84 Å². The number of carbonyl (C=O) groups excluding carboxylic acids is 1. The standard InChI is InChI=1S/C15H18O4/c1-2-19-15(18)13(9-14(16)17)12-8-7-10-5-3-4-6-11(10)12/h3-6,12-13H,2,7-9H2,1H3,(H,16,17)/t12-,13-/m1/s1. The van der Waals surface area contributed by atoms with Gasteiger partial charge in [-0.1, -0.05) is 24.3 Å². The lowest BCUT2D eigenvalue weighted by molar-refractivity contribution is -0.153. The number of ether oxygens (including phenoxy) is 1. The molecule has 0 unspecified atom stereocenters. The highest BCUT2D eigenvalue weighted by Gasteiger charge is 2.36. The van der Waals surface area contributed by atoms with Crippen molar-refractivity contribution in [1.82, 2.24) is 0 Å². The number of esters is 1. The molecule has 0 saturated carbocycles. The van der Waals surface area contributed by atoms with E-state index in [0.717, 1.165) is 18.4 Å². The van der Waals surface area contributed by atoms with Crippen LogP contribution in [-0.2, 0) is 20.7 Å². The molecule has 0 aliphatic heterocycles. The van der Waals surface area contributed by atoms with Crippen LogP contribution in [0.3, 0.4) is 0 Å². The molecule has 1 aromatic carbocycles. The van der Waals surface area contributed by atoms with E-state index in [0.29, 0.717) is 0 Å². The fourth-order valence-corrected chi connectivity index (χ4v) is 2.84. The summed E-state index contributed by atoms with van der Waals surface area (Å²) in [4.78, 5) is 23.0. The Bertz CT molecular complexity index is 481. The Morgan fingerprint density at radius 2 is 2.16 bits per heavy atom. The van der Waals surface area contributed by atoms with Crippen LogP contribution < -0.4 is 0 Å². The zero-order valence-corrected chi connectivity index (χ0v) is 11.0. The quantitative estimate of drug-likeness (QED) is 0.827. The van der Waals surface area contributed by atoms with Gasteiger partial charge in [0.15, 0.2) is 0 Å². The molecule has 1 aromatic rings. The molecule has 4 nitrogen and oxygen atoms in total. The van der Waals surface area contributed by atoms with Gasteiger partial charge in [-0.25, -0.2) is 0 Å². The molecular weight excluding hydrogens is 244 g/mol. The molecular formula is C15H18O4. The van der Waals surface area contributed by atoms with Crippen molar-refractivity contribution in [2.24, 2.45) is 5.92 Å². The fourth-order valence-electron chi connectivity index (χ4n) is 2.84. The Balaban J connectivity index is 2.24. The summed E-state index contributed by atoms with van der Waals surface area (Å²) in [6.07, 6.45) is 1.55. The number of aryl methyl sites for hydroxylation is 1. The second-order valence-corrected chi connectivity index (χ2v) is 4.80. The van der Waals surface area contributed by atoms with E-state index in [1.807, 2.05) is 24.3 Å². The molecule has 0 spiro atoms. The Kier molecular flexibility index (Phi) is 4.20. The first-order chi connectivity index (χ1) is 9.13. The minimum Gasteiger partial charge on any atom is -0.481 e. The molecule has 0 heterocycles. The molecule has 0 amide bonds. The van der Waals surface area contributed by atoms with Crippen molar-refractivity contribution in [3.63, 3.8) is 0 Å². The molecule has 1 aliphatic rings. The number of carbonyl (C=O) groups is 2. The molecule has 19 heavy (non-hydrogen) atoms. The van der Waals surface area contributed by atoms with Crippen LogP contribution in [0.4, 0.5) is 0 Å². The van der Waals surface area contributed by atoms with Crippen molar-refractivity contribution < 1.29 is 19.4 Å². The van der Waals surface area contributed by atoms with Gasteiger partial charge in [0.1, 0.15) is 0 Å². The van der Waals surface area contributed by atoms with Crippen LogP contribution in [0.5, 0.6) is 0 Å². The topological polar surface area (TPSA) is 63.6 Å². The summed E-state index contributed by atoms with van der Waals surface area (Å²) in [5, 5.41) is 9.00. The number of hydrogen-bond donors (Lipinski definition) is 1. The summed E-state index contributed by atoms with van der Waals surface area (Å²) < 4.78 is 5.03. The minimum atomic E-state index is -0.956. The second-order valence-electron chi connectivity index (χ2n) is 4.80. The van der Waals surface area contributed by atoms with Gasteiger partial charge in [0.2, 0.25) is 0 Å². The lowest BCUT2D eigenvalue weighted by Gasteiger charge is -2.21. The molecule has 2 rings (SSSR count). The average molecular weight is 262 g/mol. The first kappa shape index (κ1) is 13.6. The maximum Gasteiger partial charge on any atom is 0.310 e. The highest BCUT2D eigenvalue weighted by atomic mass is 16.5. The third kappa shape index (κ3) is 2.95. The molecule has 0 saturated heterocycles. The maximum absolute atomic E-state index is 12.0. The van der Waals surface area contributed by atoms with Crippen LogP contribution >= 0.6 is 0 Å². The predicted octanol–water partition coefficient (Wildman–Crippen LogP) is 2.37. The lowest BCUT2D eigenvalue weighted by atomic mass is 9.85. The molecule has 0 aromatic heterocycles. The van der Waals surface area contributed by atoms with Gasteiger partial charge in [0, 0.05) is 0 Å².